The van der Waals surface area contributed by atoms with Crippen LogP contribution in [0.2, 0.25) is 0 Å². The molecule has 13 heteroatoms. The highest BCUT2D eigenvalue weighted by Crippen LogP contribution is 2.60. The van der Waals surface area contributed by atoms with E-state index in [9.17, 15) is 4.79 Å². The number of hydrogen-bond acceptors (Lipinski definition) is 6. The molecule has 6 nitrogen and oxygen atoms in total. The van der Waals surface area contributed by atoms with Crippen LogP contribution in [0.15, 0.2) is 415 Å². The Labute approximate surface area is 718 Å². The maximum atomic E-state index is 12.2. The van der Waals surface area contributed by atoms with E-state index in [1.807, 2.05) is 109 Å². The van der Waals surface area contributed by atoms with Gasteiger partial charge in [-0.1, -0.05) is 290 Å². The van der Waals surface area contributed by atoms with Crippen LogP contribution in [-0.4, -0.2) is 5.78 Å². The third-order valence-electron chi connectivity index (χ3n) is 20.3. The molecular weight excluding hydrogens is 1880 g/mol. The zero-order valence-electron chi connectivity index (χ0n) is 60.1. The number of para-hydroxylation sites is 5. The van der Waals surface area contributed by atoms with E-state index in [0.717, 1.165) is 100 Å². The van der Waals surface area contributed by atoms with Crippen LogP contribution in [0.4, 0.5) is 51.2 Å². The summed E-state index contributed by atoms with van der Waals surface area (Å²) < 4.78 is 7.38. The number of rotatable bonds is 10. The van der Waals surface area contributed by atoms with E-state index < -0.39 is 10.8 Å². The first kappa shape index (κ1) is 77.1. The summed E-state index contributed by atoms with van der Waals surface area (Å²) in [6.07, 6.45) is 0. The highest BCUT2D eigenvalue weighted by Gasteiger charge is 2.48. The van der Waals surface area contributed by atoms with Crippen molar-refractivity contribution >= 4 is 175 Å². The monoisotopic (exact) mass is 1940 g/mol. The molecule has 0 unspecified atom stereocenters. The molecule has 0 radical (unpaired) electrons. The first-order valence-corrected chi connectivity index (χ1v) is 42.0. The van der Waals surface area contributed by atoms with Crippen molar-refractivity contribution in [2.45, 2.75) is 10.8 Å². The van der Waals surface area contributed by atoms with Gasteiger partial charge in [-0.2, -0.15) is 0 Å². The van der Waals surface area contributed by atoms with Crippen molar-refractivity contribution in [1.29, 1.82) is 0 Å². The van der Waals surface area contributed by atoms with E-state index in [2.05, 4.69) is 407 Å². The van der Waals surface area contributed by atoms with Gasteiger partial charge in [0.1, 0.15) is 0 Å². The fourth-order valence-electron chi connectivity index (χ4n) is 15.4. The standard InChI is InChI=1S/C49H34Br2N2.C25H18Br2N2.C13H6Br2O.C6H5I.C6H7N/c50-37-25-31-45-46-32-26-38(51)34-48(46)49(47(45)33-37,35-21-27-43(28-22-35)52(39-13-5-1-6-14-39)40-15-7-2-8-16-40)36-23-29-44(30-24-36)53(41-17-9-3-10-18-41)42-19-11-4-12-20-42;26-17-5-11-21-22-12-6-18(27)14-24(22)25(23(21)13-17,15-1-7-19(28)8-2-15)16-3-9-20(29)10-4-16;14-7-1-3-9-10-4-2-8(15)6-12(10)13(16)11(9)5-7;2*7-6-4-2-1-3-5-6/h1-34H;1-14H,28-29H2;1-6H;1-5H;1-5H,7H2. The van der Waals surface area contributed by atoms with Gasteiger partial charge in [-0.15, -0.1) is 0 Å². The number of ketones is 1. The number of nitrogen functional groups attached to an aromatic ring is 3. The van der Waals surface area contributed by atoms with Crippen molar-refractivity contribution < 1.29 is 4.79 Å². The lowest BCUT2D eigenvalue weighted by Gasteiger charge is -2.35. The van der Waals surface area contributed by atoms with Crippen LogP contribution in [0.1, 0.15) is 60.4 Å². The Hall–Kier alpha value is -10.2. The van der Waals surface area contributed by atoms with Crippen LogP contribution >= 0.6 is 118 Å². The predicted octanol–water partition coefficient (Wildman–Crippen LogP) is 29.2. The van der Waals surface area contributed by atoms with Crippen molar-refractivity contribution in [3.8, 4) is 33.4 Å². The average molecular weight is 1950 g/mol. The van der Waals surface area contributed by atoms with E-state index in [1.54, 1.807) is 0 Å². The highest BCUT2D eigenvalue weighted by atomic mass is 127. The number of anilines is 9. The third-order valence-corrected chi connectivity index (χ3v) is 23.9. The Balaban J connectivity index is 0.000000138. The topological polar surface area (TPSA) is 102 Å². The average Bonchev–Trinajstić information content (AvgIpc) is 1.53. The molecule has 0 bridgehead atoms. The summed E-state index contributed by atoms with van der Waals surface area (Å²) in [7, 11) is 0. The number of carbonyl (C=O) groups excluding carboxylic acids is 1. The molecule has 0 aromatic heterocycles. The smallest absolute Gasteiger partial charge is 0.194 e. The number of halogens is 7. The Morgan fingerprint density at radius 2 is 0.438 bits per heavy atom. The second-order valence-electron chi connectivity index (χ2n) is 27.0. The Morgan fingerprint density at radius 1 is 0.223 bits per heavy atom. The Bertz CT molecular complexity index is 5560. The number of hydrogen-bond donors (Lipinski definition) is 3. The van der Waals surface area contributed by atoms with Crippen LogP contribution in [0.3, 0.4) is 0 Å². The normalized spacial score (nSPS) is 12.3. The number of nitrogens with two attached hydrogens (primary N) is 3. The van der Waals surface area contributed by atoms with Crippen molar-refractivity contribution in [2.75, 3.05) is 27.0 Å². The van der Waals surface area contributed by atoms with Crippen molar-refractivity contribution in [2.24, 2.45) is 0 Å². The highest BCUT2D eigenvalue weighted by molar-refractivity contribution is 14.1. The van der Waals surface area contributed by atoms with Crippen molar-refractivity contribution in [3.05, 3.63) is 474 Å². The van der Waals surface area contributed by atoms with Gasteiger partial charge in [0, 0.05) is 92.7 Å². The molecule has 0 atom stereocenters. The van der Waals surface area contributed by atoms with Crippen LogP contribution in [0.5, 0.6) is 0 Å². The summed E-state index contributed by atoms with van der Waals surface area (Å²) in [5.74, 6) is 0.104. The molecule has 16 aromatic carbocycles. The molecule has 3 aliphatic carbocycles. The van der Waals surface area contributed by atoms with Gasteiger partial charge in [-0.3, -0.25) is 4.79 Å². The van der Waals surface area contributed by atoms with Gasteiger partial charge in [0.15, 0.2) is 5.78 Å². The number of fused-ring (bicyclic) bond motifs is 9. The van der Waals surface area contributed by atoms with E-state index >= 15 is 0 Å². The zero-order valence-corrected chi connectivity index (χ0v) is 71.8. The van der Waals surface area contributed by atoms with E-state index in [4.69, 9.17) is 17.2 Å². The van der Waals surface area contributed by atoms with E-state index in [1.165, 1.54) is 70.3 Å². The van der Waals surface area contributed by atoms with Crippen molar-refractivity contribution in [3.63, 3.8) is 0 Å². The molecule has 0 heterocycles. The summed E-state index contributed by atoms with van der Waals surface area (Å²) in [6, 6.07) is 135. The fourth-order valence-corrected chi connectivity index (χ4v) is 18.0. The third kappa shape index (κ3) is 15.9. The minimum atomic E-state index is -0.579. The first-order valence-electron chi connectivity index (χ1n) is 36.2. The lowest BCUT2D eigenvalue weighted by molar-refractivity contribution is 0.104. The number of nitrogens with zero attached hydrogens (tertiary/aromatic N) is 2. The minimum Gasteiger partial charge on any atom is -0.399 e. The summed E-state index contributed by atoms with van der Waals surface area (Å²) in [5.41, 5.74) is 43.7. The van der Waals surface area contributed by atoms with Gasteiger partial charge < -0.3 is 27.0 Å². The lowest BCUT2D eigenvalue weighted by atomic mass is 9.67. The molecule has 6 N–H and O–H groups in total. The lowest BCUT2D eigenvalue weighted by Crippen LogP contribution is -2.29. The molecule has 19 rings (SSSR count). The largest absolute Gasteiger partial charge is 0.399 e. The molecule has 0 spiro atoms. The molecule has 3 aliphatic rings. The van der Waals surface area contributed by atoms with Gasteiger partial charge in [0.2, 0.25) is 0 Å². The van der Waals surface area contributed by atoms with Gasteiger partial charge >= 0.3 is 0 Å². The van der Waals surface area contributed by atoms with Gasteiger partial charge in [0.05, 0.1) is 10.8 Å². The number of carbonyl (C=O) groups is 1. The fraction of sp³-hybridized carbons (Fsp3) is 0.0202. The summed E-state index contributed by atoms with van der Waals surface area (Å²) in [5, 5.41) is 0. The molecule has 112 heavy (non-hydrogen) atoms. The van der Waals surface area contributed by atoms with E-state index in [0.29, 0.717) is 0 Å². The Morgan fingerprint density at radius 3 is 0.679 bits per heavy atom. The van der Waals surface area contributed by atoms with Crippen LogP contribution in [0.25, 0.3) is 33.4 Å². The first-order chi connectivity index (χ1) is 54.6. The van der Waals surface area contributed by atoms with Crippen LogP contribution in [-0.2, 0) is 10.8 Å². The summed E-state index contributed by atoms with van der Waals surface area (Å²) >= 11 is 24.2. The second-order valence-corrected chi connectivity index (χ2v) is 33.8. The van der Waals surface area contributed by atoms with Gasteiger partial charge in [-0.05, 0) is 295 Å². The maximum Gasteiger partial charge on any atom is 0.194 e. The molecule has 16 aromatic rings. The van der Waals surface area contributed by atoms with Crippen LogP contribution < -0.4 is 27.0 Å². The second kappa shape index (κ2) is 34.4. The number of benzene rings is 16. The summed E-state index contributed by atoms with van der Waals surface area (Å²) in [6.45, 7) is 0. The zero-order chi connectivity index (χ0) is 77.5. The van der Waals surface area contributed by atoms with E-state index in [-0.39, 0.29) is 5.78 Å². The predicted molar refractivity (Wildman–Crippen MR) is 497 cm³/mol. The molecule has 0 saturated carbocycles. The van der Waals surface area contributed by atoms with Gasteiger partial charge in [0.25, 0.3) is 0 Å². The minimum absolute atomic E-state index is 0.104. The maximum absolute atomic E-state index is 12.2. The molecule has 0 fully saturated rings. The summed E-state index contributed by atoms with van der Waals surface area (Å²) in [4.78, 5) is 16.8. The molecule has 546 valence electrons. The van der Waals surface area contributed by atoms with Crippen LogP contribution in [0, 0.1) is 3.57 Å². The Kier molecular flexibility index (Phi) is 23.7. The van der Waals surface area contributed by atoms with Gasteiger partial charge in [-0.25, -0.2) is 0 Å². The van der Waals surface area contributed by atoms with Crippen molar-refractivity contribution in [1.82, 2.24) is 0 Å². The SMILES string of the molecule is Brc1ccc2c(c1)C(c1ccc(N(c3ccccc3)c3ccccc3)cc1)(c1ccc(N(c3ccccc3)c3ccccc3)cc1)c1cc(Br)ccc1-2.Ic1ccccc1.Nc1ccc(C2(c3ccc(N)cc3)c3cc(Br)ccc3-c3ccc(Br)cc32)cc1.Nc1ccccc1.O=C1c2cc(Br)ccc2-c2ccc(Br)cc21. The molecular formula is C99H70Br6IN5O. The molecule has 0 aliphatic heterocycles. The quantitative estimate of drug-likeness (QED) is 0.0931. The molecule has 0 amide bonds. The molecule has 0 saturated heterocycles.